The number of fused-ring (bicyclic) bond motifs is 1. The summed E-state index contributed by atoms with van der Waals surface area (Å²) < 4.78 is 13.2. The van der Waals surface area contributed by atoms with Gasteiger partial charge in [0.05, 0.1) is 6.42 Å². The van der Waals surface area contributed by atoms with E-state index >= 15 is 0 Å². The number of carbonyl (C=O) groups is 1. The van der Waals surface area contributed by atoms with Crippen LogP contribution in [-0.4, -0.2) is 10.9 Å². The van der Waals surface area contributed by atoms with Crippen LogP contribution >= 0.6 is 0 Å². The normalized spacial score (nSPS) is 10.9. The topological polar surface area (TPSA) is 44.9 Å². The van der Waals surface area contributed by atoms with Gasteiger partial charge in [-0.05, 0) is 60.9 Å². The summed E-state index contributed by atoms with van der Waals surface area (Å²) in [6, 6.07) is 10.4. The van der Waals surface area contributed by atoms with Crippen molar-refractivity contribution in [2.45, 2.75) is 20.3 Å². The maximum Gasteiger partial charge on any atom is 0.228 e. The van der Waals surface area contributed by atoms with Gasteiger partial charge in [0.2, 0.25) is 5.91 Å². The molecule has 112 valence electrons. The average Bonchev–Trinajstić information content (AvgIpc) is 2.85. The molecule has 4 heteroatoms. The summed E-state index contributed by atoms with van der Waals surface area (Å²) in [5, 5.41) is 3.77. The van der Waals surface area contributed by atoms with Crippen LogP contribution in [0.1, 0.15) is 16.7 Å². The van der Waals surface area contributed by atoms with E-state index in [1.807, 2.05) is 32.0 Å². The molecule has 3 aromatic rings. The van der Waals surface area contributed by atoms with Gasteiger partial charge in [0.15, 0.2) is 0 Å². The van der Waals surface area contributed by atoms with Crippen LogP contribution in [0, 0.1) is 19.7 Å². The fourth-order valence-electron chi connectivity index (χ4n) is 2.50. The van der Waals surface area contributed by atoms with Crippen molar-refractivity contribution >= 4 is 22.5 Å². The highest BCUT2D eigenvalue weighted by molar-refractivity contribution is 5.95. The third-order valence-electron chi connectivity index (χ3n) is 3.87. The number of aromatic nitrogens is 1. The Morgan fingerprint density at radius 2 is 1.95 bits per heavy atom. The van der Waals surface area contributed by atoms with E-state index in [9.17, 15) is 9.18 Å². The zero-order chi connectivity index (χ0) is 15.7. The number of halogens is 1. The van der Waals surface area contributed by atoms with Crippen molar-refractivity contribution in [1.82, 2.24) is 4.98 Å². The Labute approximate surface area is 128 Å². The van der Waals surface area contributed by atoms with Crippen molar-refractivity contribution in [2.75, 3.05) is 5.32 Å². The predicted octanol–water partition coefficient (Wildman–Crippen LogP) is 4.11. The average molecular weight is 296 g/mol. The first-order valence-corrected chi connectivity index (χ1v) is 7.15. The molecule has 0 radical (unpaired) electrons. The Morgan fingerprint density at radius 1 is 1.14 bits per heavy atom. The van der Waals surface area contributed by atoms with Crippen LogP contribution in [0.3, 0.4) is 0 Å². The van der Waals surface area contributed by atoms with Crippen molar-refractivity contribution in [3.63, 3.8) is 0 Å². The number of aromatic amines is 1. The highest BCUT2D eigenvalue weighted by atomic mass is 19.1. The molecule has 0 saturated heterocycles. The van der Waals surface area contributed by atoms with Crippen LogP contribution in [0.4, 0.5) is 10.1 Å². The van der Waals surface area contributed by atoms with E-state index in [0.29, 0.717) is 5.52 Å². The first-order valence-electron chi connectivity index (χ1n) is 7.15. The number of benzene rings is 2. The quantitative estimate of drug-likeness (QED) is 0.750. The van der Waals surface area contributed by atoms with Crippen LogP contribution in [0.2, 0.25) is 0 Å². The van der Waals surface area contributed by atoms with E-state index in [2.05, 4.69) is 10.3 Å². The molecular weight excluding hydrogens is 279 g/mol. The Balaban J connectivity index is 1.76. The van der Waals surface area contributed by atoms with Crippen LogP contribution in [0.25, 0.3) is 10.9 Å². The SMILES string of the molecule is Cc1ccc(NC(=O)Cc2c[nH]c3cc(F)ccc23)cc1C. The van der Waals surface area contributed by atoms with Gasteiger partial charge in [-0.15, -0.1) is 0 Å². The molecule has 3 rings (SSSR count). The van der Waals surface area contributed by atoms with E-state index in [-0.39, 0.29) is 18.1 Å². The van der Waals surface area contributed by atoms with Crippen molar-refractivity contribution in [1.29, 1.82) is 0 Å². The van der Waals surface area contributed by atoms with Crippen LogP contribution in [0.15, 0.2) is 42.6 Å². The van der Waals surface area contributed by atoms with Gasteiger partial charge in [-0.2, -0.15) is 0 Å². The van der Waals surface area contributed by atoms with E-state index in [1.54, 1.807) is 12.3 Å². The lowest BCUT2D eigenvalue weighted by molar-refractivity contribution is -0.115. The Bertz CT molecular complexity index is 851. The zero-order valence-electron chi connectivity index (χ0n) is 12.5. The summed E-state index contributed by atoms with van der Waals surface area (Å²) >= 11 is 0. The summed E-state index contributed by atoms with van der Waals surface area (Å²) in [6.07, 6.45) is 2.00. The maximum atomic E-state index is 13.2. The van der Waals surface area contributed by atoms with Gasteiger partial charge < -0.3 is 10.3 Å². The minimum absolute atomic E-state index is 0.0894. The molecule has 1 heterocycles. The fraction of sp³-hybridized carbons (Fsp3) is 0.167. The van der Waals surface area contributed by atoms with E-state index in [0.717, 1.165) is 22.2 Å². The fourth-order valence-corrected chi connectivity index (χ4v) is 2.50. The molecule has 0 fully saturated rings. The molecule has 3 nitrogen and oxygen atoms in total. The standard InChI is InChI=1S/C18H17FN2O/c1-11-3-5-15(7-12(11)2)21-18(22)8-13-10-20-17-9-14(19)4-6-16(13)17/h3-7,9-10,20H,8H2,1-2H3,(H,21,22). The van der Waals surface area contributed by atoms with E-state index < -0.39 is 0 Å². The highest BCUT2D eigenvalue weighted by Crippen LogP contribution is 2.20. The van der Waals surface area contributed by atoms with Gasteiger partial charge in [0.25, 0.3) is 0 Å². The predicted molar refractivity (Wildman–Crippen MR) is 86.5 cm³/mol. The molecular formula is C18H17FN2O. The number of rotatable bonds is 3. The third-order valence-corrected chi connectivity index (χ3v) is 3.87. The lowest BCUT2D eigenvalue weighted by atomic mass is 10.1. The van der Waals surface area contributed by atoms with Crippen molar-refractivity contribution < 1.29 is 9.18 Å². The molecule has 0 aliphatic carbocycles. The Morgan fingerprint density at radius 3 is 2.73 bits per heavy atom. The molecule has 0 unspecified atom stereocenters. The van der Waals surface area contributed by atoms with Gasteiger partial charge in [0, 0.05) is 22.8 Å². The molecule has 22 heavy (non-hydrogen) atoms. The summed E-state index contributed by atoms with van der Waals surface area (Å²) in [5.74, 6) is -0.381. The number of amides is 1. The number of carbonyl (C=O) groups excluding carboxylic acids is 1. The van der Waals surface area contributed by atoms with Crippen molar-refractivity contribution in [3.8, 4) is 0 Å². The van der Waals surface area contributed by atoms with Crippen LogP contribution < -0.4 is 5.32 Å². The van der Waals surface area contributed by atoms with E-state index in [1.165, 1.54) is 17.7 Å². The molecule has 0 saturated carbocycles. The molecule has 2 N–H and O–H groups in total. The molecule has 2 aromatic carbocycles. The van der Waals surface area contributed by atoms with Crippen molar-refractivity contribution in [3.05, 3.63) is 65.1 Å². The zero-order valence-corrected chi connectivity index (χ0v) is 12.5. The van der Waals surface area contributed by atoms with Crippen molar-refractivity contribution in [2.24, 2.45) is 0 Å². The highest BCUT2D eigenvalue weighted by Gasteiger charge is 2.10. The largest absolute Gasteiger partial charge is 0.361 e. The Hall–Kier alpha value is -2.62. The molecule has 0 aliphatic rings. The number of aryl methyl sites for hydroxylation is 2. The molecule has 0 atom stereocenters. The number of anilines is 1. The lowest BCUT2D eigenvalue weighted by Crippen LogP contribution is -2.14. The Kier molecular flexibility index (Phi) is 3.67. The second-order valence-electron chi connectivity index (χ2n) is 5.53. The minimum atomic E-state index is -0.291. The number of hydrogen-bond donors (Lipinski definition) is 2. The van der Waals surface area contributed by atoms with E-state index in [4.69, 9.17) is 0 Å². The summed E-state index contributed by atoms with van der Waals surface area (Å²) in [7, 11) is 0. The first kappa shape index (κ1) is 14.3. The molecule has 1 amide bonds. The van der Waals surface area contributed by atoms with Gasteiger partial charge in [0.1, 0.15) is 5.82 Å². The molecule has 0 spiro atoms. The van der Waals surface area contributed by atoms with Gasteiger partial charge >= 0.3 is 0 Å². The smallest absolute Gasteiger partial charge is 0.228 e. The second-order valence-corrected chi connectivity index (χ2v) is 5.53. The molecule has 1 aromatic heterocycles. The summed E-state index contributed by atoms with van der Waals surface area (Å²) in [5.41, 5.74) is 4.68. The maximum absolute atomic E-state index is 13.2. The third kappa shape index (κ3) is 2.86. The number of nitrogens with one attached hydrogen (secondary N) is 2. The first-order chi connectivity index (χ1) is 10.5. The second kappa shape index (κ2) is 5.64. The monoisotopic (exact) mass is 296 g/mol. The number of hydrogen-bond acceptors (Lipinski definition) is 1. The lowest BCUT2D eigenvalue weighted by Gasteiger charge is -2.07. The molecule has 0 bridgehead atoms. The van der Waals surface area contributed by atoms with Gasteiger partial charge in [-0.25, -0.2) is 4.39 Å². The van der Waals surface area contributed by atoms with Crippen LogP contribution in [-0.2, 0) is 11.2 Å². The number of H-pyrrole nitrogens is 1. The summed E-state index contributed by atoms with van der Waals surface area (Å²) in [4.78, 5) is 15.2. The summed E-state index contributed by atoms with van der Waals surface area (Å²) in [6.45, 7) is 4.05. The van der Waals surface area contributed by atoms with Gasteiger partial charge in [-0.3, -0.25) is 4.79 Å². The van der Waals surface area contributed by atoms with Gasteiger partial charge in [-0.1, -0.05) is 6.07 Å². The minimum Gasteiger partial charge on any atom is -0.361 e. The molecule has 0 aliphatic heterocycles. The van der Waals surface area contributed by atoms with Crippen LogP contribution in [0.5, 0.6) is 0 Å².